The molecule has 0 bridgehead atoms. The highest BCUT2D eigenvalue weighted by atomic mass is 32.2. The zero-order valence-corrected chi connectivity index (χ0v) is 10.8. The average molecular weight is 240 g/mol. The first-order valence-electron chi connectivity index (χ1n) is 5.70. The van der Waals surface area contributed by atoms with E-state index in [9.17, 15) is 4.21 Å². The third-order valence-electron chi connectivity index (χ3n) is 2.55. The molecule has 1 rings (SSSR count). The highest BCUT2D eigenvalue weighted by molar-refractivity contribution is 7.85. The summed E-state index contributed by atoms with van der Waals surface area (Å²) >= 11 is 0. The molecule has 90 valence electrons. The molecule has 0 radical (unpaired) electrons. The Kier molecular flexibility index (Phi) is 6.34. The van der Waals surface area contributed by atoms with Gasteiger partial charge in [-0.15, -0.1) is 0 Å². The fraction of sp³-hybridized carbons (Fsp3) is 0.538. The summed E-state index contributed by atoms with van der Waals surface area (Å²) in [6.07, 6.45) is 1.79. The molecule has 0 fully saturated rings. The standard InChI is InChI=1S/C13H20O2S/c1-3-13(12-8-5-4-6-9-12)16(14)11-7-10-15-2/h4-6,8-9,13H,3,7,10-11H2,1-2H3. The van der Waals surface area contributed by atoms with Crippen LogP contribution in [0.15, 0.2) is 30.3 Å². The van der Waals surface area contributed by atoms with E-state index in [1.54, 1.807) is 7.11 Å². The Labute approximate surface area is 100 Å². The molecule has 0 aliphatic heterocycles. The maximum Gasteiger partial charge on any atom is 0.0594 e. The SMILES string of the molecule is CCC(c1ccccc1)S(=O)CCCOC. The van der Waals surface area contributed by atoms with Crippen LogP contribution in [0.5, 0.6) is 0 Å². The van der Waals surface area contributed by atoms with Crippen molar-refractivity contribution in [1.29, 1.82) is 0 Å². The highest BCUT2D eigenvalue weighted by Crippen LogP contribution is 2.23. The summed E-state index contributed by atoms with van der Waals surface area (Å²) in [5, 5.41) is 0.165. The van der Waals surface area contributed by atoms with Gasteiger partial charge in [0.15, 0.2) is 0 Å². The molecule has 3 heteroatoms. The van der Waals surface area contributed by atoms with Gasteiger partial charge < -0.3 is 4.74 Å². The van der Waals surface area contributed by atoms with E-state index in [-0.39, 0.29) is 5.25 Å². The number of ether oxygens (including phenoxy) is 1. The predicted octanol–water partition coefficient (Wildman–Crippen LogP) is 2.92. The van der Waals surface area contributed by atoms with Gasteiger partial charge in [0.25, 0.3) is 0 Å². The predicted molar refractivity (Wildman–Crippen MR) is 69.0 cm³/mol. The second-order valence-corrected chi connectivity index (χ2v) is 5.48. The summed E-state index contributed by atoms with van der Waals surface area (Å²) < 4.78 is 17.1. The van der Waals surface area contributed by atoms with E-state index in [1.807, 2.05) is 18.2 Å². The third kappa shape index (κ3) is 4.06. The van der Waals surface area contributed by atoms with Crippen LogP contribution in [0.3, 0.4) is 0 Å². The van der Waals surface area contributed by atoms with E-state index < -0.39 is 10.8 Å². The largest absolute Gasteiger partial charge is 0.385 e. The van der Waals surface area contributed by atoms with Gasteiger partial charge in [0.05, 0.1) is 5.25 Å². The van der Waals surface area contributed by atoms with Crippen LogP contribution in [0.1, 0.15) is 30.6 Å². The van der Waals surface area contributed by atoms with Crippen molar-refractivity contribution >= 4 is 10.8 Å². The summed E-state index contributed by atoms with van der Waals surface area (Å²) in [7, 11) is 0.888. The molecular weight excluding hydrogens is 220 g/mol. The van der Waals surface area contributed by atoms with Gasteiger partial charge in [-0.05, 0) is 18.4 Å². The quantitative estimate of drug-likeness (QED) is 0.685. The van der Waals surface area contributed by atoms with Gasteiger partial charge in [-0.2, -0.15) is 0 Å². The second-order valence-electron chi connectivity index (χ2n) is 3.74. The molecule has 1 aromatic rings. The minimum absolute atomic E-state index is 0.165. The van der Waals surface area contributed by atoms with Crippen molar-refractivity contribution in [2.75, 3.05) is 19.5 Å². The van der Waals surface area contributed by atoms with Gasteiger partial charge >= 0.3 is 0 Å². The van der Waals surface area contributed by atoms with Gasteiger partial charge in [0, 0.05) is 30.3 Å². The minimum atomic E-state index is -0.790. The van der Waals surface area contributed by atoms with E-state index in [0.29, 0.717) is 6.61 Å². The summed E-state index contributed by atoms with van der Waals surface area (Å²) in [6.45, 7) is 2.78. The smallest absolute Gasteiger partial charge is 0.0594 e. The lowest BCUT2D eigenvalue weighted by Crippen LogP contribution is -2.10. The molecule has 0 aliphatic carbocycles. The van der Waals surface area contributed by atoms with E-state index >= 15 is 0 Å². The van der Waals surface area contributed by atoms with E-state index in [2.05, 4.69) is 19.1 Å². The van der Waals surface area contributed by atoms with Crippen LogP contribution >= 0.6 is 0 Å². The van der Waals surface area contributed by atoms with E-state index in [0.717, 1.165) is 18.6 Å². The van der Waals surface area contributed by atoms with Gasteiger partial charge in [0.1, 0.15) is 0 Å². The molecular formula is C13H20O2S. The lowest BCUT2D eigenvalue weighted by molar-refractivity contribution is 0.200. The van der Waals surface area contributed by atoms with Crippen molar-refractivity contribution in [3.63, 3.8) is 0 Å². The molecule has 0 aliphatic rings. The maximum absolute atomic E-state index is 12.1. The van der Waals surface area contributed by atoms with Crippen LogP contribution in [0.4, 0.5) is 0 Å². The average Bonchev–Trinajstić information content (AvgIpc) is 2.32. The van der Waals surface area contributed by atoms with Crippen LogP contribution < -0.4 is 0 Å². The first-order valence-corrected chi connectivity index (χ1v) is 7.08. The molecule has 0 aromatic heterocycles. The fourth-order valence-electron chi connectivity index (χ4n) is 1.73. The van der Waals surface area contributed by atoms with Crippen LogP contribution in [-0.4, -0.2) is 23.7 Å². The van der Waals surface area contributed by atoms with Gasteiger partial charge in [-0.25, -0.2) is 0 Å². The number of rotatable bonds is 7. The molecule has 0 saturated heterocycles. The number of methoxy groups -OCH3 is 1. The fourth-order valence-corrected chi connectivity index (χ4v) is 3.25. The van der Waals surface area contributed by atoms with Gasteiger partial charge in [-0.3, -0.25) is 4.21 Å². The topological polar surface area (TPSA) is 26.3 Å². The summed E-state index contributed by atoms with van der Waals surface area (Å²) in [5.41, 5.74) is 1.18. The molecule has 0 spiro atoms. The Balaban J connectivity index is 2.57. The maximum atomic E-state index is 12.1. The van der Waals surface area contributed by atoms with Crippen molar-refractivity contribution in [3.8, 4) is 0 Å². The van der Waals surface area contributed by atoms with Crippen molar-refractivity contribution in [1.82, 2.24) is 0 Å². The third-order valence-corrected chi connectivity index (χ3v) is 4.48. The second kappa shape index (κ2) is 7.58. The highest BCUT2D eigenvalue weighted by Gasteiger charge is 2.15. The molecule has 16 heavy (non-hydrogen) atoms. The lowest BCUT2D eigenvalue weighted by Gasteiger charge is -2.14. The molecule has 0 saturated carbocycles. The van der Waals surface area contributed by atoms with Crippen molar-refractivity contribution in [3.05, 3.63) is 35.9 Å². The van der Waals surface area contributed by atoms with Crippen LogP contribution in [-0.2, 0) is 15.5 Å². The molecule has 0 heterocycles. The first-order chi connectivity index (χ1) is 7.79. The normalized spacial score (nSPS) is 14.6. The van der Waals surface area contributed by atoms with Crippen molar-refractivity contribution in [2.24, 2.45) is 0 Å². The Morgan fingerprint density at radius 3 is 2.56 bits per heavy atom. The Morgan fingerprint density at radius 1 is 1.31 bits per heavy atom. The number of hydrogen-bond acceptors (Lipinski definition) is 2. The monoisotopic (exact) mass is 240 g/mol. The van der Waals surface area contributed by atoms with Crippen LogP contribution in [0, 0.1) is 0 Å². The van der Waals surface area contributed by atoms with Crippen molar-refractivity contribution < 1.29 is 8.95 Å². The van der Waals surface area contributed by atoms with Crippen molar-refractivity contribution in [2.45, 2.75) is 25.0 Å². The molecule has 2 unspecified atom stereocenters. The summed E-state index contributed by atoms with van der Waals surface area (Å²) in [5.74, 6) is 0.723. The molecule has 0 N–H and O–H groups in total. The number of benzene rings is 1. The minimum Gasteiger partial charge on any atom is -0.385 e. The summed E-state index contributed by atoms with van der Waals surface area (Å²) in [4.78, 5) is 0. The Hall–Kier alpha value is -0.670. The molecule has 2 atom stereocenters. The van der Waals surface area contributed by atoms with E-state index in [4.69, 9.17) is 4.74 Å². The van der Waals surface area contributed by atoms with Crippen LogP contribution in [0.2, 0.25) is 0 Å². The molecule has 0 amide bonds. The van der Waals surface area contributed by atoms with E-state index in [1.165, 1.54) is 5.56 Å². The molecule has 1 aromatic carbocycles. The van der Waals surface area contributed by atoms with Crippen LogP contribution in [0.25, 0.3) is 0 Å². The first kappa shape index (κ1) is 13.4. The van der Waals surface area contributed by atoms with Gasteiger partial charge in [0.2, 0.25) is 0 Å². The lowest BCUT2D eigenvalue weighted by atomic mass is 10.1. The zero-order chi connectivity index (χ0) is 11.8. The van der Waals surface area contributed by atoms with Gasteiger partial charge in [-0.1, -0.05) is 37.3 Å². The molecule has 2 nitrogen and oxygen atoms in total. The zero-order valence-electron chi connectivity index (χ0n) is 10.0. The Morgan fingerprint density at radius 2 is 2.00 bits per heavy atom. The Bertz CT molecular complexity index is 311. The number of hydrogen-bond donors (Lipinski definition) is 0. The summed E-state index contributed by atoms with van der Waals surface area (Å²) in [6, 6.07) is 10.1.